The second-order valence-electron chi connectivity index (χ2n) is 6.54. The number of hydrogen-bond donors (Lipinski definition) is 1. The van der Waals surface area contributed by atoms with E-state index in [1.54, 1.807) is 0 Å². The zero-order valence-corrected chi connectivity index (χ0v) is 14.2. The monoisotopic (exact) mass is 302 g/mol. The van der Waals surface area contributed by atoms with E-state index in [0.717, 1.165) is 32.2 Å². The van der Waals surface area contributed by atoms with Crippen molar-refractivity contribution in [1.82, 2.24) is 4.90 Å². The molecule has 3 nitrogen and oxygen atoms in total. The van der Waals surface area contributed by atoms with Crippen LogP contribution in [0.3, 0.4) is 0 Å². The van der Waals surface area contributed by atoms with E-state index in [0.29, 0.717) is 12.5 Å². The first-order chi connectivity index (χ1) is 10.6. The molecule has 0 aliphatic carbocycles. The normalized spacial score (nSPS) is 22.1. The van der Waals surface area contributed by atoms with Crippen LogP contribution in [0.15, 0.2) is 24.3 Å². The van der Waals surface area contributed by atoms with Crippen molar-refractivity contribution in [1.29, 1.82) is 0 Å². The smallest absolute Gasteiger partial charge is 0.225 e. The number of nitrogens with zero attached hydrogens (tertiary/aromatic N) is 1. The second-order valence-corrected chi connectivity index (χ2v) is 6.54. The van der Waals surface area contributed by atoms with Gasteiger partial charge < -0.3 is 10.6 Å². The highest BCUT2D eigenvalue weighted by molar-refractivity contribution is 5.79. The molecule has 1 aromatic carbocycles. The minimum atomic E-state index is 0.0860. The Morgan fingerprint density at radius 3 is 2.36 bits per heavy atom. The maximum Gasteiger partial charge on any atom is 0.225 e. The molecule has 2 atom stereocenters. The standard InChI is InChI=1S/C19H30N2O/c1-4-14-7-9-16(10-8-14)17-11-18(20)13-21(12-17)19(22)15(5-2)6-3/h7-10,15,17-18H,4-6,11-13,20H2,1-3H3. The summed E-state index contributed by atoms with van der Waals surface area (Å²) in [5.41, 5.74) is 8.91. The molecule has 0 radical (unpaired) electrons. The molecule has 1 aromatic rings. The van der Waals surface area contributed by atoms with E-state index < -0.39 is 0 Å². The van der Waals surface area contributed by atoms with Crippen molar-refractivity contribution in [2.75, 3.05) is 13.1 Å². The number of carbonyl (C=O) groups excluding carboxylic acids is 1. The topological polar surface area (TPSA) is 46.3 Å². The fourth-order valence-electron chi connectivity index (χ4n) is 3.48. The molecule has 1 aliphatic heterocycles. The van der Waals surface area contributed by atoms with Crippen molar-refractivity contribution in [3.63, 3.8) is 0 Å². The number of amides is 1. The van der Waals surface area contributed by atoms with Crippen LogP contribution in [0, 0.1) is 5.92 Å². The van der Waals surface area contributed by atoms with Gasteiger partial charge in [-0.1, -0.05) is 45.0 Å². The summed E-state index contributed by atoms with van der Waals surface area (Å²) in [4.78, 5) is 14.7. The number of likely N-dealkylation sites (tertiary alicyclic amines) is 1. The molecule has 1 aliphatic rings. The zero-order chi connectivity index (χ0) is 16.1. The summed E-state index contributed by atoms with van der Waals surface area (Å²) >= 11 is 0. The van der Waals surface area contributed by atoms with Gasteiger partial charge in [0.15, 0.2) is 0 Å². The summed E-state index contributed by atoms with van der Waals surface area (Å²) in [5.74, 6) is 0.803. The molecular weight excluding hydrogens is 272 g/mol. The Bertz CT molecular complexity index is 479. The Morgan fingerprint density at radius 1 is 1.18 bits per heavy atom. The lowest BCUT2D eigenvalue weighted by atomic mass is 9.87. The van der Waals surface area contributed by atoms with E-state index in [1.165, 1.54) is 11.1 Å². The molecule has 0 bridgehead atoms. The van der Waals surface area contributed by atoms with E-state index in [1.807, 2.05) is 4.90 Å². The summed E-state index contributed by atoms with van der Waals surface area (Å²) in [6, 6.07) is 8.90. The lowest BCUT2D eigenvalue weighted by Crippen LogP contribution is -2.50. The zero-order valence-electron chi connectivity index (χ0n) is 14.2. The highest BCUT2D eigenvalue weighted by Crippen LogP contribution is 2.28. The summed E-state index contributed by atoms with van der Waals surface area (Å²) in [6.45, 7) is 7.88. The van der Waals surface area contributed by atoms with E-state index in [2.05, 4.69) is 45.0 Å². The molecule has 2 unspecified atom stereocenters. The van der Waals surface area contributed by atoms with Crippen LogP contribution >= 0.6 is 0 Å². The molecule has 1 saturated heterocycles. The first-order valence-corrected chi connectivity index (χ1v) is 8.72. The van der Waals surface area contributed by atoms with Gasteiger partial charge >= 0.3 is 0 Å². The lowest BCUT2D eigenvalue weighted by Gasteiger charge is -2.38. The van der Waals surface area contributed by atoms with Crippen molar-refractivity contribution in [3.8, 4) is 0 Å². The number of benzene rings is 1. The van der Waals surface area contributed by atoms with E-state index >= 15 is 0 Å². The average Bonchev–Trinajstić information content (AvgIpc) is 2.55. The Labute approximate surface area is 134 Å². The maximum atomic E-state index is 12.7. The third-order valence-corrected chi connectivity index (χ3v) is 4.99. The summed E-state index contributed by atoms with van der Waals surface area (Å²) in [5, 5.41) is 0. The number of nitrogens with two attached hydrogens (primary N) is 1. The largest absolute Gasteiger partial charge is 0.340 e. The Morgan fingerprint density at radius 2 is 1.82 bits per heavy atom. The van der Waals surface area contributed by atoms with Crippen molar-refractivity contribution >= 4 is 5.91 Å². The number of carbonyl (C=O) groups is 1. The molecule has 2 rings (SSSR count). The second kappa shape index (κ2) is 7.77. The molecule has 22 heavy (non-hydrogen) atoms. The molecule has 0 aromatic heterocycles. The van der Waals surface area contributed by atoms with Gasteiger partial charge in [0.1, 0.15) is 0 Å². The molecule has 2 N–H and O–H groups in total. The van der Waals surface area contributed by atoms with Gasteiger partial charge in [0, 0.05) is 31.0 Å². The molecular formula is C19H30N2O. The van der Waals surface area contributed by atoms with Crippen LogP contribution < -0.4 is 5.73 Å². The number of hydrogen-bond acceptors (Lipinski definition) is 2. The van der Waals surface area contributed by atoms with Crippen LogP contribution in [0.2, 0.25) is 0 Å². The van der Waals surface area contributed by atoms with Crippen molar-refractivity contribution in [3.05, 3.63) is 35.4 Å². The predicted molar refractivity (Wildman–Crippen MR) is 91.8 cm³/mol. The molecule has 1 amide bonds. The van der Waals surface area contributed by atoms with Gasteiger partial charge in [-0.05, 0) is 36.8 Å². The van der Waals surface area contributed by atoms with Crippen LogP contribution in [0.5, 0.6) is 0 Å². The Kier molecular flexibility index (Phi) is 6.01. The van der Waals surface area contributed by atoms with Gasteiger partial charge in [-0.25, -0.2) is 0 Å². The average molecular weight is 302 g/mol. The molecule has 1 heterocycles. The molecule has 3 heteroatoms. The number of aryl methyl sites for hydroxylation is 1. The number of rotatable bonds is 5. The van der Waals surface area contributed by atoms with Gasteiger partial charge in [-0.2, -0.15) is 0 Å². The van der Waals surface area contributed by atoms with E-state index in [-0.39, 0.29) is 17.9 Å². The molecule has 0 saturated carbocycles. The van der Waals surface area contributed by atoms with E-state index in [9.17, 15) is 4.79 Å². The fraction of sp³-hybridized carbons (Fsp3) is 0.632. The minimum Gasteiger partial charge on any atom is -0.340 e. The minimum absolute atomic E-state index is 0.0860. The summed E-state index contributed by atoms with van der Waals surface area (Å²) in [7, 11) is 0. The third-order valence-electron chi connectivity index (χ3n) is 4.99. The van der Waals surface area contributed by atoms with Gasteiger partial charge in [0.05, 0.1) is 0 Å². The van der Waals surface area contributed by atoms with Crippen LogP contribution in [0.4, 0.5) is 0 Å². The van der Waals surface area contributed by atoms with Gasteiger partial charge in [0.2, 0.25) is 5.91 Å². The molecule has 1 fully saturated rings. The van der Waals surface area contributed by atoms with E-state index in [4.69, 9.17) is 5.73 Å². The van der Waals surface area contributed by atoms with Gasteiger partial charge in [-0.3, -0.25) is 4.79 Å². The summed E-state index contributed by atoms with van der Waals surface area (Å²) in [6.07, 6.45) is 3.86. The van der Waals surface area contributed by atoms with Crippen molar-refractivity contribution in [2.24, 2.45) is 11.7 Å². The lowest BCUT2D eigenvalue weighted by molar-refractivity contribution is -0.137. The quantitative estimate of drug-likeness (QED) is 0.907. The van der Waals surface area contributed by atoms with Crippen LogP contribution in [0.25, 0.3) is 0 Å². The Balaban J connectivity index is 2.11. The first kappa shape index (κ1) is 17.0. The maximum absolute atomic E-state index is 12.7. The summed E-state index contributed by atoms with van der Waals surface area (Å²) < 4.78 is 0. The Hall–Kier alpha value is -1.35. The van der Waals surface area contributed by atoms with Crippen molar-refractivity contribution < 1.29 is 4.79 Å². The molecule has 0 spiro atoms. The highest BCUT2D eigenvalue weighted by Gasteiger charge is 2.31. The van der Waals surface area contributed by atoms with Crippen LogP contribution in [-0.4, -0.2) is 29.9 Å². The third kappa shape index (κ3) is 3.89. The SMILES string of the molecule is CCc1ccc(C2CC(N)CN(C(=O)C(CC)CC)C2)cc1. The van der Waals surface area contributed by atoms with Crippen LogP contribution in [0.1, 0.15) is 57.1 Å². The van der Waals surface area contributed by atoms with Crippen LogP contribution in [-0.2, 0) is 11.2 Å². The predicted octanol–water partition coefficient (Wildman–Crippen LogP) is 3.33. The highest BCUT2D eigenvalue weighted by atomic mass is 16.2. The van der Waals surface area contributed by atoms with Gasteiger partial charge in [-0.15, -0.1) is 0 Å². The number of piperidine rings is 1. The van der Waals surface area contributed by atoms with Gasteiger partial charge in [0.25, 0.3) is 0 Å². The molecule has 122 valence electrons. The first-order valence-electron chi connectivity index (χ1n) is 8.72. The fourth-order valence-corrected chi connectivity index (χ4v) is 3.48. The van der Waals surface area contributed by atoms with Crippen molar-refractivity contribution in [2.45, 2.75) is 58.4 Å².